The molecular weight excluding hydrogens is 372 g/mol. The molecule has 0 radical (unpaired) electrons. The van der Waals surface area contributed by atoms with Crippen molar-refractivity contribution in [1.29, 1.82) is 0 Å². The quantitative estimate of drug-likeness (QED) is 0.724. The number of anilines is 2. The Bertz CT molecular complexity index is 1010. The molecule has 3 heterocycles. The van der Waals surface area contributed by atoms with Gasteiger partial charge < -0.3 is 9.08 Å². The highest BCUT2D eigenvalue weighted by atomic mass is 32.2. The molecule has 146 valence electrons. The van der Waals surface area contributed by atoms with Crippen LogP contribution in [0.1, 0.15) is 24.8 Å². The van der Waals surface area contributed by atoms with Crippen LogP contribution in [0.4, 0.5) is 11.4 Å². The molecular formula is C22H24N2O3S. The summed E-state index contributed by atoms with van der Waals surface area (Å²) in [5, 5.41) is 0. The molecule has 0 aliphatic carbocycles. The van der Waals surface area contributed by atoms with Gasteiger partial charge in [0.15, 0.2) is 5.76 Å². The fourth-order valence-electron chi connectivity index (χ4n) is 4.61. The van der Waals surface area contributed by atoms with Crippen LogP contribution in [0.3, 0.4) is 0 Å². The number of fused-ring (bicyclic) bond motifs is 2. The van der Waals surface area contributed by atoms with Crippen molar-refractivity contribution in [2.45, 2.75) is 25.3 Å². The van der Waals surface area contributed by atoms with E-state index in [2.05, 4.69) is 21.9 Å². The third-order valence-electron chi connectivity index (χ3n) is 5.93. The first-order valence-electron chi connectivity index (χ1n) is 9.94. The lowest BCUT2D eigenvalue weighted by molar-refractivity contribution is 0.188. The average Bonchev–Trinajstić information content (AvgIpc) is 2.73. The van der Waals surface area contributed by atoms with Crippen LogP contribution < -0.4 is 4.90 Å². The van der Waals surface area contributed by atoms with E-state index in [-0.39, 0.29) is 11.8 Å². The molecule has 28 heavy (non-hydrogen) atoms. The van der Waals surface area contributed by atoms with E-state index in [4.69, 9.17) is 4.18 Å². The predicted molar refractivity (Wildman–Crippen MR) is 111 cm³/mol. The molecule has 3 aliphatic heterocycles. The van der Waals surface area contributed by atoms with E-state index in [0.717, 1.165) is 48.4 Å². The number of nitrogens with zero attached hydrogens (tertiary/aromatic N) is 2. The maximum atomic E-state index is 12.6. The molecule has 0 unspecified atom stereocenters. The molecule has 0 saturated carbocycles. The van der Waals surface area contributed by atoms with Crippen LogP contribution in [0.5, 0.6) is 0 Å². The summed E-state index contributed by atoms with van der Waals surface area (Å²) in [5.74, 6) is 0.584. The van der Waals surface area contributed by atoms with Gasteiger partial charge in [-0.15, -0.1) is 0 Å². The fraction of sp³-hybridized carbons (Fsp3) is 0.364. The lowest BCUT2D eigenvalue weighted by Gasteiger charge is -2.43. The van der Waals surface area contributed by atoms with Gasteiger partial charge in [0.25, 0.3) is 0 Å². The van der Waals surface area contributed by atoms with Crippen molar-refractivity contribution in [1.82, 2.24) is 4.90 Å². The Hall–Kier alpha value is -2.31. The zero-order chi connectivity index (χ0) is 19.1. The van der Waals surface area contributed by atoms with E-state index < -0.39 is 10.1 Å². The number of hydrogen-bond acceptors (Lipinski definition) is 5. The smallest absolute Gasteiger partial charge is 0.311 e. The van der Waals surface area contributed by atoms with E-state index in [0.29, 0.717) is 12.3 Å². The molecule has 2 aromatic rings. The minimum absolute atomic E-state index is 0.0383. The SMILES string of the molecule is O=S1(=O)C[C@@H](N2CCCCC2)C2=C(O1)c1ccccc1N(c1ccccc1)C2. The van der Waals surface area contributed by atoms with E-state index in [9.17, 15) is 8.42 Å². The topological polar surface area (TPSA) is 49.9 Å². The molecule has 2 aromatic carbocycles. The van der Waals surface area contributed by atoms with Crippen LogP contribution in [-0.2, 0) is 14.3 Å². The molecule has 0 aromatic heterocycles. The summed E-state index contributed by atoms with van der Waals surface area (Å²) in [4.78, 5) is 4.61. The first-order valence-corrected chi connectivity index (χ1v) is 11.5. The number of likely N-dealkylation sites (tertiary alicyclic amines) is 1. The van der Waals surface area contributed by atoms with Crippen molar-refractivity contribution in [2.24, 2.45) is 0 Å². The highest BCUT2D eigenvalue weighted by Gasteiger charge is 2.41. The Balaban J connectivity index is 1.65. The predicted octanol–water partition coefficient (Wildman–Crippen LogP) is 3.76. The summed E-state index contributed by atoms with van der Waals surface area (Å²) >= 11 is 0. The first-order chi connectivity index (χ1) is 13.6. The number of hydrogen-bond donors (Lipinski definition) is 0. The Morgan fingerprint density at radius 1 is 0.893 bits per heavy atom. The molecule has 1 atom stereocenters. The molecule has 5 nitrogen and oxygen atoms in total. The number of benzene rings is 2. The molecule has 5 rings (SSSR count). The van der Waals surface area contributed by atoms with Crippen molar-refractivity contribution >= 4 is 27.3 Å². The second-order valence-electron chi connectivity index (χ2n) is 7.71. The Morgan fingerprint density at radius 2 is 1.61 bits per heavy atom. The third kappa shape index (κ3) is 3.10. The zero-order valence-corrected chi connectivity index (χ0v) is 16.6. The summed E-state index contributed by atoms with van der Waals surface area (Å²) in [7, 11) is -3.59. The monoisotopic (exact) mass is 396 g/mol. The third-order valence-corrected chi connectivity index (χ3v) is 7.08. The van der Waals surface area contributed by atoms with E-state index >= 15 is 0 Å². The maximum absolute atomic E-state index is 12.6. The minimum atomic E-state index is -3.59. The highest BCUT2D eigenvalue weighted by Crippen LogP contribution is 2.44. The van der Waals surface area contributed by atoms with Crippen molar-refractivity contribution in [3.63, 3.8) is 0 Å². The summed E-state index contributed by atoms with van der Waals surface area (Å²) in [5.41, 5.74) is 4.03. The van der Waals surface area contributed by atoms with Gasteiger partial charge in [-0.05, 0) is 50.2 Å². The molecule has 1 saturated heterocycles. The lowest BCUT2D eigenvalue weighted by atomic mass is 9.93. The molecule has 0 bridgehead atoms. The second-order valence-corrected chi connectivity index (χ2v) is 9.33. The number of para-hydroxylation sites is 2. The van der Waals surface area contributed by atoms with Gasteiger partial charge in [-0.2, -0.15) is 8.42 Å². The van der Waals surface area contributed by atoms with E-state index in [1.54, 1.807) is 0 Å². The van der Waals surface area contributed by atoms with Gasteiger partial charge in [0.05, 0.1) is 11.7 Å². The van der Waals surface area contributed by atoms with Crippen LogP contribution in [0.15, 0.2) is 60.2 Å². The van der Waals surface area contributed by atoms with Crippen molar-refractivity contribution < 1.29 is 12.6 Å². The van der Waals surface area contributed by atoms with Crippen LogP contribution in [0, 0.1) is 0 Å². The number of piperidine rings is 1. The summed E-state index contributed by atoms with van der Waals surface area (Å²) < 4.78 is 30.9. The summed E-state index contributed by atoms with van der Waals surface area (Å²) in [6.45, 7) is 2.54. The largest absolute Gasteiger partial charge is 0.382 e. The van der Waals surface area contributed by atoms with Gasteiger partial charge in [-0.1, -0.05) is 36.8 Å². The standard InChI is InChI=1S/C22H24N2O3S/c25-28(26)16-21(23-13-7-2-8-14-23)19-15-24(17-9-3-1-4-10-17)20-12-6-5-11-18(20)22(19)27-28/h1,3-6,9-12,21H,2,7-8,13-16H2/t21-/m1/s1. The highest BCUT2D eigenvalue weighted by molar-refractivity contribution is 7.87. The van der Waals surface area contributed by atoms with Gasteiger partial charge in [-0.25, -0.2) is 0 Å². The second kappa shape index (κ2) is 6.94. The van der Waals surface area contributed by atoms with Crippen molar-refractivity contribution in [3.8, 4) is 0 Å². The van der Waals surface area contributed by atoms with E-state index in [1.807, 2.05) is 42.5 Å². The van der Waals surface area contributed by atoms with Gasteiger partial charge in [0, 0.05) is 23.4 Å². The Labute approximate surface area is 166 Å². The normalized spacial score (nSPS) is 24.3. The van der Waals surface area contributed by atoms with Crippen LogP contribution in [-0.4, -0.2) is 44.7 Å². The fourth-order valence-corrected chi connectivity index (χ4v) is 5.92. The molecule has 6 heteroatoms. The molecule has 1 fully saturated rings. The van der Waals surface area contributed by atoms with Crippen LogP contribution in [0.2, 0.25) is 0 Å². The maximum Gasteiger partial charge on any atom is 0.311 e. The van der Waals surface area contributed by atoms with Gasteiger partial charge >= 0.3 is 10.1 Å². The van der Waals surface area contributed by atoms with E-state index in [1.165, 1.54) is 6.42 Å². The minimum Gasteiger partial charge on any atom is -0.382 e. The molecule has 0 spiro atoms. The average molecular weight is 397 g/mol. The van der Waals surface area contributed by atoms with Gasteiger partial charge in [-0.3, -0.25) is 4.90 Å². The zero-order valence-electron chi connectivity index (χ0n) is 15.8. The summed E-state index contributed by atoms with van der Waals surface area (Å²) in [6.07, 6.45) is 3.47. The molecule has 3 aliphatic rings. The van der Waals surface area contributed by atoms with Crippen LogP contribution >= 0.6 is 0 Å². The Morgan fingerprint density at radius 3 is 2.39 bits per heavy atom. The van der Waals surface area contributed by atoms with Gasteiger partial charge in [0.1, 0.15) is 5.75 Å². The Kier molecular flexibility index (Phi) is 4.40. The molecule has 0 N–H and O–H groups in total. The van der Waals surface area contributed by atoms with Crippen molar-refractivity contribution in [2.75, 3.05) is 30.3 Å². The number of rotatable bonds is 2. The van der Waals surface area contributed by atoms with Crippen molar-refractivity contribution in [3.05, 3.63) is 65.7 Å². The first kappa shape index (κ1) is 17.8. The van der Waals surface area contributed by atoms with Gasteiger partial charge in [0.2, 0.25) is 0 Å². The summed E-state index contributed by atoms with van der Waals surface area (Å²) in [6, 6.07) is 18.1. The lowest BCUT2D eigenvalue weighted by Crippen LogP contribution is -2.49. The molecule has 0 amide bonds. The van der Waals surface area contributed by atoms with Crippen LogP contribution in [0.25, 0.3) is 5.76 Å².